The highest BCUT2D eigenvalue weighted by molar-refractivity contribution is 5.94. The maximum atomic E-state index is 13.1. The molecule has 0 aromatic heterocycles. The van der Waals surface area contributed by atoms with E-state index in [1.54, 1.807) is 13.0 Å². The van der Waals surface area contributed by atoms with Crippen LogP contribution in [0.4, 0.5) is 4.39 Å². The minimum absolute atomic E-state index is 0.118. The van der Waals surface area contributed by atoms with Crippen LogP contribution in [-0.4, -0.2) is 12.5 Å². The van der Waals surface area contributed by atoms with Gasteiger partial charge in [0.1, 0.15) is 5.82 Å². The zero-order chi connectivity index (χ0) is 13.0. The van der Waals surface area contributed by atoms with Gasteiger partial charge in [0.25, 0.3) is 5.91 Å². The van der Waals surface area contributed by atoms with Gasteiger partial charge in [0.2, 0.25) is 0 Å². The van der Waals surface area contributed by atoms with Crippen LogP contribution in [0.15, 0.2) is 30.4 Å². The molecule has 1 aromatic carbocycles. The smallest absolute Gasteiger partial charge is 0.251 e. The number of carbonyl (C=O) groups is 1. The second-order valence-corrected chi connectivity index (χ2v) is 4.82. The maximum absolute atomic E-state index is 13.1. The van der Waals surface area contributed by atoms with Crippen LogP contribution in [0.2, 0.25) is 0 Å². The first kappa shape index (κ1) is 12.8. The predicted octanol–water partition coefficient (Wildman–Crippen LogP) is 3.22. The van der Waals surface area contributed by atoms with Gasteiger partial charge < -0.3 is 5.32 Å². The molecule has 1 aliphatic carbocycles. The summed E-state index contributed by atoms with van der Waals surface area (Å²) < 4.78 is 13.1. The van der Waals surface area contributed by atoms with Crippen molar-refractivity contribution in [3.63, 3.8) is 0 Å². The summed E-state index contributed by atoms with van der Waals surface area (Å²) >= 11 is 0. The Kier molecular flexibility index (Phi) is 4.13. The number of allylic oxidation sites excluding steroid dienone is 2. The molecule has 0 bridgehead atoms. The highest BCUT2D eigenvalue weighted by Crippen LogP contribution is 2.17. The lowest BCUT2D eigenvalue weighted by Gasteiger charge is -2.18. The number of rotatable bonds is 3. The Morgan fingerprint density at radius 1 is 1.44 bits per heavy atom. The van der Waals surface area contributed by atoms with Crippen molar-refractivity contribution < 1.29 is 9.18 Å². The number of halogens is 1. The number of carbonyl (C=O) groups excluding carboxylic acids is 1. The molecule has 1 aliphatic rings. The topological polar surface area (TPSA) is 29.1 Å². The van der Waals surface area contributed by atoms with Crippen LogP contribution in [0.5, 0.6) is 0 Å². The molecule has 0 radical (unpaired) electrons. The van der Waals surface area contributed by atoms with Gasteiger partial charge in [-0.25, -0.2) is 4.39 Å². The summed E-state index contributed by atoms with van der Waals surface area (Å²) in [5, 5.41) is 2.92. The van der Waals surface area contributed by atoms with Crippen LogP contribution in [0.1, 0.15) is 35.2 Å². The molecule has 0 saturated carbocycles. The van der Waals surface area contributed by atoms with Gasteiger partial charge in [0, 0.05) is 12.1 Å². The SMILES string of the molecule is Cc1cc(C(=O)NCC2CC=CCC2)ccc1F. The van der Waals surface area contributed by atoms with E-state index in [-0.39, 0.29) is 11.7 Å². The number of benzene rings is 1. The zero-order valence-corrected chi connectivity index (χ0v) is 10.6. The molecular weight excluding hydrogens is 229 g/mol. The van der Waals surface area contributed by atoms with Gasteiger partial charge in [-0.05, 0) is 55.9 Å². The summed E-state index contributed by atoms with van der Waals surface area (Å²) in [6.07, 6.45) is 7.60. The number of aryl methyl sites for hydroxylation is 1. The van der Waals surface area contributed by atoms with Crippen LogP contribution < -0.4 is 5.32 Å². The lowest BCUT2D eigenvalue weighted by Crippen LogP contribution is -2.29. The van der Waals surface area contributed by atoms with Crippen LogP contribution >= 0.6 is 0 Å². The number of nitrogens with one attached hydrogen (secondary N) is 1. The third-order valence-electron chi connectivity index (χ3n) is 3.35. The lowest BCUT2D eigenvalue weighted by atomic mass is 9.94. The Morgan fingerprint density at radius 3 is 2.94 bits per heavy atom. The fraction of sp³-hybridized carbons (Fsp3) is 0.400. The van der Waals surface area contributed by atoms with E-state index in [9.17, 15) is 9.18 Å². The molecule has 0 fully saturated rings. The molecule has 1 amide bonds. The Bertz CT molecular complexity index is 468. The average molecular weight is 247 g/mol. The van der Waals surface area contributed by atoms with E-state index in [0.717, 1.165) is 19.3 Å². The molecule has 2 nitrogen and oxygen atoms in total. The van der Waals surface area contributed by atoms with Crippen molar-refractivity contribution in [1.82, 2.24) is 5.32 Å². The summed E-state index contributed by atoms with van der Waals surface area (Å²) in [4.78, 5) is 11.9. The molecule has 0 aliphatic heterocycles. The maximum Gasteiger partial charge on any atom is 0.251 e. The van der Waals surface area contributed by atoms with Gasteiger partial charge in [-0.2, -0.15) is 0 Å². The molecule has 3 heteroatoms. The van der Waals surface area contributed by atoms with Crippen molar-refractivity contribution in [3.05, 3.63) is 47.3 Å². The molecule has 0 heterocycles. The summed E-state index contributed by atoms with van der Waals surface area (Å²) in [5.74, 6) is 0.136. The van der Waals surface area contributed by atoms with Gasteiger partial charge in [-0.3, -0.25) is 4.79 Å². The molecule has 0 spiro atoms. The van der Waals surface area contributed by atoms with Crippen molar-refractivity contribution in [2.45, 2.75) is 26.2 Å². The standard InChI is InChI=1S/C15H18FNO/c1-11-9-13(7-8-14(11)16)15(18)17-10-12-5-3-2-4-6-12/h2-3,7-9,12H,4-6,10H2,1H3,(H,17,18). The quantitative estimate of drug-likeness (QED) is 0.816. The van der Waals surface area contributed by atoms with Crippen LogP contribution in [0.3, 0.4) is 0 Å². The molecule has 0 saturated heterocycles. The first-order valence-electron chi connectivity index (χ1n) is 6.36. The third-order valence-corrected chi connectivity index (χ3v) is 3.35. The molecule has 18 heavy (non-hydrogen) atoms. The third kappa shape index (κ3) is 3.19. The Morgan fingerprint density at radius 2 is 2.28 bits per heavy atom. The summed E-state index contributed by atoms with van der Waals surface area (Å²) in [7, 11) is 0. The summed E-state index contributed by atoms with van der Waals surface area (Å²) in [6.45, 7) is 2.36. The van der Waals surface area contributed by atoms with E-state index in [1.165, 1.54) is 12.1 Å². The molecule has 1 unspecified atom stereocenters. The molecule has 1 N–H and O–H groups in total. The van der Waals surface area contributed by atoms with Crippen molar-refractivity contribution >= 4 is 5.91 Å². The molecule has 96 valence electrons. The highest BCUT2D eigenvalue weighted by Gasteiger charge is 2.12. The lowest BCUT2D eigenvalue weighted by molar-refractivity contribution is 0.0946. The van der Waals surface area contributed by atoms with Crippen LogP contribution in [0.25, 0.3) is 0 Å². The monoisotopic (exact) mass is 247 g/mol. The second-order valence-electron chi connectivity index (χ2n) is 4.82. The molecule has 2 rings (SSSR count). The normalized spacial score (nSPS) is 18.7. The zero-order valence-electron chi connectivity index (χ0n) is 10.6. The van der Waals surface area contributed by atoms with Crippen LogP contribution in [0, 0.1) is 18.7 Å². The predicted molar refractivity (Wildman–Crippen MR) is 70.0 cm³/mol. The van der Waals surface area contributed by atoms with Crippen molar-refractivity contribution in [1.29, 1.82) is 0 Å². The van der Waals surface area contributed by atoms with E-state index < -0.39 is 0 Å². The minimum Gasteiger partial charge on any atom is -0.352 e. The van der Waals surface area contributed by atoms with Crippen LogP contribution in [-0.2, 0) is 0 Å². The van der Waals surface area contributed by atoms with Gasteiger partial charge in [0.15, 0.2) is 0 Å². The van der Waals surface area contributed by atoms with E-state index >= 15 is 0 Å². The number of hydrogen-bond donors (Lipinski definition) is 1. The van der Waals surface area contributed by atoms with Crippen molar-refractivity contribution in [2.75, 3.05) is 6.54 Å². The van der Waals surface area contributed by atoms with E-state index in [1.807, 2.05) is 0 Å². The highest BCUT2D eigenvalue weighted by atomic mass is 19.1. The van der Waals surface area contributed by atoms with Crippen molar-refractivity contribution in [3.8, 4) is 0 Å². The van der Waals surface area contributed by atoms with E-state index in [0.29, 0.717) is 23.6 Å². The Balaban J connectivity index is 1.91. The van der Waals surface area contributed by atoms with Gasteiger partial charge in [-0.15, -0.1) is 0 Å². The summed E-state index contributed by atoms with van der Waals surface area (Å²) in [6, 6.07) is 4.46. The van der Waals surface area contributed by atoms with E-state index in [2.05, 4.69) is 17.5 Å². The second kappa shape index (κ2) is 5.80. The van der Waals surface area contributed by atoms with Crippen molar-refractivity contribution in [2.24, 2.45) is 5.92 Å². The van der Waals surface area contributed by atoms with Gasteiger partial charge >= 0.3 is 0 Å². The first-order chi connectivity index (χ1) is 8.66. The number of amides is 1. The Hall–Kier alpha value is -1.64. The van der Waals surface area contributed by atoms with E-state index in [4.69, 9.17) is 0 Å². The molecule has 1 atom stereocenters. The first-order valence-corrected chi connectivity index (χ1v) is 6.36. The number of hydrogen-bond acceptors (Lipinski definition) is 1. The molecule has 1 aromatic rings. The average Bonchev–Trinajstić information content (AvgIpc) is 2.40. The largest absolute Gasteiger partial charge is 0.352 e. The fourth-order valence-electron chi connectivity index (χ4n) is 2.17. The summed E-state index contributed by atoms with van der Waals surface area (Å²) in [5.41, 5.74) is 1.03. The van der Waals surface area contributed by atoms with Gasteiger partial charge in [-0.1, -0.05) is 12.2 Å². The van der Waals surface area contributed by atoms with Gasteiger partial charge in [0.05, 0.1) is 0 Å². The molecular formula is C15H18FNO. The Labute approximate surface area is 107 Å². The minimum atomic E-state index is -0.274. The fourth-order valence-corrected chi connectivity index (χ4v) is 2.17.